The fourth-order valence-electron chi connectivity index (χ4n) is 4.01. The van der Waals surface area contributed by atoms with Crippen molar-refractivity contribution < 1.29 is 37.3 Å². The average Bonchev–Trinajstić information content (AvgIpc) is 3.27. The molecule has 1 saturated heterocycles. The SMILES string of the molecule is Cc1sc(N2CCOCC2)nc1CCOc1ccc(CCC(=O)O)c(COc2ccc(C(F)(F)F)cc2)c1. The lowest BCUT2D eigenvalue weighted by Gasteiger charge is -2.26. The first-order valence-electron chi connectivity index (χ1n) is 12.2. The molecule has 38 heavy (non-hydrogen) atoms. The van der Waals surface area contributed by atoms with Gasteiger partial charge >= 0.3 is 12.1 Å². The second kappa shape index (κ2) is 12.5. The van der Waals surface area contributed by atoms with Gasteiger partial charge in [0.05, 0.1) is 31.1 Å². The number of hydrogen-bond acceptors (Lipinski definition) is 7. The first-order valence-corrected chi connectivity index (χ1v) is 13.1. The zero-order valence-corrected chi connectivity index (χ0v) is 21.7. The highest BCUT2D eigenvalue weighted by atomic mass is 32.1. The van der Waals surface area contributed by atoms with Gasteiger partial charge in [0.15, 0.2) is 5.13 Å². The first-order chi connectivity index (χ1) is 18.2. The number of anilines is 1. The Morgan fingerprint density at radius 2 is 1.76 bits per heavy atom. The molecule has 1 fully saturated rings. The summed E-state index contributed by atoms with van der Waals surface area (Å²) in [6, 6.07) is 9.83. The van der Waals surface area contributed by atoms with E-state index in [9.17, 15) is 18.0 Å². The van der Waals surface area contributed by atoms with Gasteiger partial charge < -0.3 is 24.2 Å². The summed E-state index contributed by atoms with van der Waals surface area (Å²) >= 11 is 1.66. The Balaban J connectivity index is 1.39. The van der Waals surface area contributed by atoms with Crippen LogP contribution < -0.4 is 14.4 Å². The largest absolute Gasteiger partial charge is 0.493 e. The van der Waals surface area contributed by atoms with E-state index >= 15 is 0 Å². The maximum absolute atomic E-state index is 12.8. The number of thiazole rings is 1. The molecular formula is C27H29F3N2O5S. The Hall–Kier alpha value is -3.31. The van der Waals surface area contributed by atoms with Crippen LogP contribution in [-0.4, -0.2) is 49.0 Å². The van der Waals surface area contributed by atoms with Gasteiger partial charge in [0.1, 0.15) is 18.1 Å². The molecular weight excluding hydrogens is 521 g/mol. The molecule has 1 N–H and O–H groups in total. The van der Waals surface area contributed by atoms with Crippen LogP contribution >= 0.6 is 11.3 Å². The number of morpholine rings is 1. The molecule has 2 heterocycles. The Kier molecular flexibility index (Phi) is 9.11. The van der Waals surface area contributed by atoms with E-state index in [1.807, 2.05) is 6.92 Å². The molecule has 1 aliphatic rings. The Labute approximate surface area is 222 Å². The molecule has 7 nitrogen and oxygen atoms in total. The minimum Gasteiger partial charge on any atom is -0.493 e. The number of benzene rings is 2. The van der Waals surface area contributed by atoms with Crippen LogP contribution in [0.4, 0.5) is 18.3 Å². The maximum Gasteiger partial charge on any atom is 0.416 e. The number of carboxylic acids is 1. The molecule has 2 aromatic carbocycles. The van der Waals surface area contributed by atoms with E-state index in [2.05, 4.69) is 4.90 Å². The van der Waals surface area contributed by atoms with Gasteiger partial charge in [-0.15, -0.1) is 11.3 Å². The number of carboxylic acid groups (broad SMARTS) is 1. The highest BCUT2D eigenvalue weighted by Crippen LogP contribution is 2.31. The van der Waals surface area contributed by atoms with Crippen LogP contribution in [0, 0.1) is 6.92 Å². The number of halogens is 3. The van der Waals surface area contributed by atoms with E-state index in [0.29, 0.717) is 44.0 Å². The number of hydrogen-bond donors (Lipinski definition) is 1. The number of aromatic nitrogens is 1. The molecule has 0 atom stereocenters. The summed E-state index contributed by atoms with van der Waals surface area (Å²) in [6.45, 7) is 5.56. The Morgan fingerprint density at radius 3 is 2.45 bits per heavy atom. The average molecular weight is 551 g/mol. The Bertz CT molecular complexity index is 1220. The smallest absolute Gasteiger partial charge is 0.416 e. The van der Waals surface area contributed by atoms with Crippen molar-refractivity contribution in [2.24, 2.45) is 0 Å². The minimum absolute atomic E-state index is 0.0535. The second-order valence-electron chi connectivity index (χ2n) is 8.83. The zero-order valence-electron chi connectivity index (χ0n) is 20.9. The third kappa shape index (κ3) is 7.61. The molecule has 0 bridgehead atoms. The van der Waals surface area contributed by atoms with Gasteiger partial charge in [-0.05, 0) is 60.9 Å². The van der Waals surface area contributed by atoms with Gasteiger partial charge in [0, 0.05) is 30.8 Å². The number of aliphatic carboxylic acids is 1. The molecule has 0 spiro atoms. The molecule has 3 aromatic rings. The second-order valence-corrected chi connectivity index (χ2v) is 10.0. The number of alkyl halides is 3. The van der Waals surface area contributed by atoms with Crippen molar-refractivity contribution in [2.75, 3.05) is 37.8 Å². The van der Waals surface area contributed by atoms with E-state index in [4.69, 9.17) is 24.3 Å². The van der Waals surface area contributed by atoms with E-state index in [1.165, 1.54) is 12.1 Å². The first kappa shape index (κ1) is 27.7. The minimum atomic E-state index is -4.42. The maximum atomic E-state index is 12.8. The molecule has 1 aliphatic heterocycles. The van der Waals surface area contributed by atoms with Gasteiger partial charge in [-0.25, -0.2) is 4.98 Å². The van der Waals surface area contributed by atoms with Crippen molar-refractivity contribution in [3.63, 3.8) is 0 Å². The van der Waals surface area contributed by atoms with E-state index in [0.717, 1.165) is 46.5 Å². The number of rotatable bonds is 11. The summed E-state index contributed by atoms with van der Waals surface area (Å²) in [7, 11) is 0. The van der Waals surface area contributed by atoms with E-state index < -0.39 is 17.7 Å². The molecule has 0 unspecified atom stereocenters. The fourth-order valence-corrected chi connectivity index (χ4v) is 5.02. The van der Waals surface area contributed by atoms with Crippen LogP contribution in [0.1, 0.15) is 33.7 Å². The molecule has 0 saturated carbocycles. The summed E-state index contributed by atoms with van der Waals surface area (Å²) in [5.41, 5.74) is 1.72. The standard InChI is InChI=1S/C27H29F3N2O5S/c1-18-24(31-26(38-18)32-11-14-35-15-12-32)10-13-36-23-6-2-19(3-9-25(33)34)20(16-23)17-37-22-7-4-21(5-8-22)27(28,29)30/h2,4-8,16H,3,9-15,17H2,1H3,(H,33,34). The number of nitrogens with zero attached hydrogens (tertiary/aromatic N) is 2. The van der Waals surface area contributed by atoms with Crippen molar-refractivity contribution in [1.29, 1.82) is 0 Å². The Morgan fingerprint density at radius 1 is 1.05 bits per heavy atom. The van der Waals surface area contributed by atoms with Crippen LogP contribution in [0.25, 0.3) is 0 Å². The third-order valence-electron chi connectivity index (χ3n) is 6.13. The molecule has 0 aliphatic carbocycles. The molecule has 11 heteroatoms. The van der Waals surface area contributed by atoms with Crippen molar-refractivity contribution in [1.82, 2.24) is 4.98 Å². The number of ether oxygens (including phenoxy) is 3. The highest BCUT2D eigenvalue weighted by Gasteiger charge is 2.30. The monoisotopic (exact) mass is 550 g/mol. The highest BCUT2D eigenvalue weighted by molar-refractivity contribution is 7.15. The van der Waals surface area contributed by atoms with Crippen LogP contribution in [0.15, 0.2) is 42.5 Å². The van der Waals surface area contributed by atoms with Crippen molar-refractivity contribution in [3.8, 4) is 11.5 Å². The summed E-state index contributed by atoms with van der Waals surface area (Å²) in [5.74, 6) is -0.0463. The van der Waals surface area contributed by atoms with Crippen LogP contribution in [0.5, 0.6) is 11.5 Å². The molecule has 0 amide bonds. The lowest BCUT2D eigenvalue weighted by molar-refractivity contribution is -0.138. The molecule has 204 valence electrons. The predicted octanol–water partition coefficient (Wildman–Crippen LogP) is 5.52. The lowest BCUT2D eigenvalue weighted by atomic mass is 10.0. The van der Waals surface area contributed by atoms with Gasteiger partial charge in [-0.3, -0.25) is 4.79 Å². The number of aryl methyl sites for hydroxylation is 2. The van der Waals surface area contributed by atoms with E-state index in [1.54, 1.807) is 29.5 Å². The molecule has 1 aromatic heterocycles. The van der Waals surface area contributed by atoms with Crippen LogP contribution in [0.2, 0.25) is 0 Å². The quantitative estimate of drug-likeness (QED) is 0.337. The van der Waals surface area contributed by atoms with Gasteiger partial charge in [0.25, 0.3) is 0 Å². The topological polar surface area (TPSA) is 81.1 Å². The molecule has 0 radical (unpaired) electrons. The summed E-state index contributed by atoms with van der Waals surface area (Å²) in [6.07, 6.45) is -3.55. The molecule has 4 rings (SSSR count). The van der Waals surface area contributed by atoms with Gasteiger partial charge in [0.2, 0.25) is 0 Å². The van der Waals surface area contributed by atoms with Gasteiger partial charge in [-0.2, -0.15) is 13.2 Å². The van der Waals surface area contributed by atoms with Crippen molar-refractivity contribution >= 4 is 22.4 Å². The third-order valence-corrected chi connectivity index (χ3v) is 7.21. The summed E-state index contributed by atoms with van der Waals surface area (Å²) in [4.78, 5) is 19.2. The van der Waals surface area contributed by atoms with Gasteiger partial charge in [-0.1, -0.05) is 6.07 Å². The van der Waals surface area contributed by atoms with Crippen molar-refractivity contribution in [2.45, 2.75) is 39.0 Å². The lowest BCUT2D eigenvalue weighted by Crippen LogP contribution is -2.36. The summed E-state index contributed by atoms with van der Waals surface area (Å²) < 4.78 is 55.6. The fraction of sp³-hybridized carbons (Fsp3) is 0.407. The van der Waals surface area contributed by atoms with Crippen LogP contribution in [0.3, 0.4) is 0 Å². The van der Waals surface area contributed by atoms with Crippen molar-refractivity contribution in [3.05, 3.63) is 69.7 Å². The number of carbonyl (C=O) groups is 1. The predicted molar refractivity (Wildman–Crippen MR) is 137 cm³/mol. The van der Waals surface area contributed by atoms with E-state index in [-0.39, 0.29) is 18.8 Å². The normalized spacial score (nSPS) is 13.9. The zero-order chi connectivity index (χ0) is 27.1. The summed E-state index contributed by atoms with van der Waals surface area (Å²) in [5, 5.41) is 10.1. The van der Waals surface area contributed by atoms with Crippen LogP contribution in [-0.2, 0) is 35.2 Å².